The number of amides is 5. The Labute approximate surface area is 204 Å². The van der Waals surface area contributed by atoms with Crippen LogP contribution < -0.4 is 27.0 Å². The summed E-state index contributed by atoms with van der Waals surface area (Å²) < 4.78 is 4.29. The molecule has 1 aromatic heterocycles. The molecule has 7 N–H and O–H groups in total. The van der Waals surface area contributed by atoms with Crippen molar-refractivity contribution < 1.29 is 24.3 Å². The third-order valence-electron chi connectivity index (χ3n) is 4.81. The number of aromatic nitrogens is 1. The van der Waals surface area contributed by atoms with Gasteiger partial charge in [0.15, 0.2) is 0 Å². The smallest absolute Gasteiger partial charge is 0.323 e. The minimum Gasteiger partial charge on any atom is -0.481 e. The standard InChI is InChI=1S/C23H24N6O5S/c1-12-4-3-5-14(10-12)26-23(34)27-15-6-7-16(13(2)11-15)19-18(20(24)32)21(35-29-19)28-22(33)25-9-8-17(30)31/h3-7,10-11H,8-9H2,1-2H3,(H2,24,32)(H,30,31)(H2,25,28,33)(H2,26,27,34). The van der Waals surface area contributed by atoms with Crippen molar-refractivity contribution in [2.75, 3.05) is 22.5 Å². The zero-order chi connectivity index (χ0) is 25.5. The number of hydrogen-bond donors (Lipinski definition) is 6. The number of urea groups is 2. The highest BCUT2D eigenvalue weighted by Crippen LogP contribution is 2.34. The molecule has 0 aliphatic carbocycles. The first-order valence-corrected chi connectivity index (χ1v) is 11.2. The second-order valence-corrected chi connectivity index (χ2v) is 8.38. The van der Waals surface area contributed by atoms with Gasteiger partial charge in [0.1, 0.15) is 10.6 Å². The Hall–Kier alpha value is -4.45. The van der Waals surface area contributed by atoms with Gasteiger partial charge in [-0.25, -0.2) is 9.59 Å². The van der Waals surface area contributed by atoms with Crippen LogP contribution in [0.1, 0.15) is 27.9 Å². The van der Waals surface area contributed by atoms with E-state index in [4.69, 9.17) is 10.8 Å². The lowest BCUT2D eigenvalue weighted by Crippen LogP contribution is -2.31. The molecule has 35 heavy (non-hydrogen) atoms. The third kappa shape index (κ3) is 6.77. The fourth-order valence-corrected chi connectivity index (χ4v) is 4.04. The number of carbonyl (C=O) groups excluding carboxylic acids is 3. The fraction of sp³-hybridized carbons (Fsp3) is 0.174. The van der Waals surface area contributed by atoms with Crippen molar-refractivity contribution in [1.82, 2.24) is 9.69 Å². The number of primary amides is 1. The first kappa shape index (κ1) is 25.2. The first-order valence-electron chi connectivity index (χ1n) is 10.5. The van der Waals surface area contributed by atoms with Gasteiger partial charge in [0.2, 0.25) is 0 Å². The first-order chi connectivity index (χ1) is 16.6. The number of carbonyl (C=O) groups is 4. The van der Waals surface area contributed by atoms with Gasteiger partial charge in [-0.05, 0) is 60.8 Å². The fourth-order valence-electron chi connectivity index (χ4n) is 3.24. The molecular weight excluding hydrogens is 472 g/mol. The average molecular weight is 497 g/mol. The van der Waals surface area contributed by atoms with Gasteiger partial charge in [0, 0.05) is 23.5 Å². The average Bonchev–Trinajstić information content (AvgIpc) is 3.16. The molecule has 3 aromatic rings. The summed E-state index contributed by atoms with van der Waals surface area (Å²) in [6.07, 6.45) is -0.243. The van der Waals surface area contributed by atoms with Gasteiger partial charge >= 0.3 is 18.0 Å². The molecule has 0 spiro atoms. The van der Waals surface area contributed by atoms with Crippen LogP contribution in [0.2, 0.25) is 0 Å². The monoisotopic (exact) mass is 496 g/mol. The maximum atomic E-state index is 12.3. The molecular formula is C23H24N6O5S. The number of anilines is 3. The number of hydrogen-bond acceptors (Lipinski definition) is 6. The van der Waals surface area contributed by atoms with Crippen LogP contribution >= 0.6 is 11.5 Å². The maximum Gasteiger partial charge on any atom is 0.323 e. The molecule has 0 fully saturated rings. The Morgan fingerprint density at radius 2 is 1.69 bits per heavy atom. The predicted molar refractivity (Wildman–Crippen MR) is 134 cm³/mol. The Morgan fingerprint density at radius 3 is 2.31 bits per heavy atom. The summed E-state index contributed by atoms with van der Waals surface area (Å²) in [7, 11) is 0. The van der Waals surface area contributed by atoms with Crippen LogP contribution in [0.15, 0.2) is 42.5 Å². The number of nitrogens with one attached hydrogen (secondary N) is 4. The van der Waals surface area contributed by atoms with E-state index in [9.17, 15) is 19.2 Å². The quantitative estimate of drug-likeness (QED) is 0.277. The van der Waals surface area contributed by atoms with E-state index < -0.39 is 23.9 Å². The molecule has 0 aliphatic rings. The molecule has 1 heterocycles. The van der Waals surface area contributed by atoms with Gasteiger partial charge in [-0.2, -0.15) is 4.37 Å². The van der Waals surface area contributed by atoms with Crippen molar-refractivity contribution in [3.63, 3.8) is 0 Å². The summed E-state index contributed by atoms with van der Waals surface area (Å²) in [6, 6.07) is 11.4. The lowest BCUT2D eigenvalue weighted by molar-refractivity contribution is -0.136. The van der Waals surface area contributed by atoms with Crippen molar-refractivity contribution in [2.45, 2.75) is 20.3 Å². The number of nitrogens with zero attached hydrogens (tertiary/aromatic N) is 1. The summed E-state index contributed by atoms with van der Waals surface area (Å²) in [5.41, 5.74) is 9.40. The van der Waals surface area contributed by atoms with Crippen molar-refractivity contribution in [2.24, 2.45) is 5.73 Å². The van der Waals surface area contributed by atoms with Crippen LogP contribution in [0, 0.1) is 13.8 Å². The van der Waals surface area contributed by atoms with E-state index in [-0.39, 0.29) is 29.2 Å². The maximum absolute atomic E-state index is 12.3. The zero-order valence-electron chi connectivity index (χ0n) is 19.0. The highest BCUT2D eigenvalue weighted by molar-refractivity contribution is 7.11. The number of carboxylic acids is 1. The second kappa shape index (κ2) is 11.1. The van der Waals surface area contributed by atoms with E-state index in [1.165, 1.54) is 0 Å². The van der Waals surface area contributed by atoms with Crippen LogP contribution in [0.5, 0.6) is 0 Å². The molecule has 0 atom stereocenters. The lowest BCUT2D eigenvalue weighted by Gasteiger charge is -2.11. The number of aliphatic carboxylic acids is 1. The van der Waals surface area contributed by atoms with Gasteiger partial charge < -0.3 is 26.8 Å². The van der Waals surface area contributed by atoms with Gasteiger partial charge in [0.05, 0.1) is 12.1 Å². The van der Waals surface area contributed by atoms with E-state index in [1.807, 2.05) is 25.1 Å². The van der Waals surface area contributed by atoms with Gasteiger partial charge in [-0.3, -0.25) is 14.9 Å². The molecule has 11 nitrogen and oxygen atoms in total. The highest BCUT2D eigenvalue weighted by Gasteiger charge is 2.23. The molecule has 0 aliphatic heterocycles. The van der Waals surface area contributed by atoms with E-state index >= 15 is 0 Å². The van der Waals surface area contributed by atoms with E-state index in [0.29, 0.717) is 22.5 Å². The number of aryl methyl sites for hydroxylation is 2. The van der Waals surface area contributed by atoms with Crippen LogP contribution in [0.25, 0.3) is 11.3 Å². The number of carboxylic acid groups (broad SMARTS) is 1. The summed E-state index contributed by atoms with van der Waals surface area (Å²) in [6.45, 7) is 3.63. The van der Waals surface area contributed by atoms with Crippen LogP contribution in [-0.2, 0) is 4.79 Å². The molecule has 0 radical (unpaired) electrons. The Bertz CT molecular complexity index is 1290. The molecule has 0 bridgehead atoms. The van der Waals surface area contributed by atoms with E-state index in [0.717, 1.165) is 17.1 Å². The molecule has 0 saturated carbocycles. The molecule has 182 valence electrons. The topological polar surface area (TPSA) is 176 Å². The summed E-state index contributed by atoms with van der Waals surface area (Å²) in [5.74, 6) is -1.84. The highest BCUT2D eigenvalue weighted by atomic mass is 32.1. The van der Waals surface area contributed by atoms with Gasteiger partial charge in [-0.1, -0.05) is 18.2 Å². The number of rotatable bonds is 8. The summed E-state index contributed by atoms with van der Waals surface area (Å²) in [5, 5.41) is 19.2. The normalized spacial score (nSPS) is 10.3. The molecule has 0 unspecified atom stereocenters. The van der Waals surface area contributed by atoms with Crippen molar-refractivity contribution in [3.8, 4) is 11.3 Å². The minimum atomic E-state index is -1.05. The van der Waals surface area contributed by atoms with Gasteiger partial charge in [-0.15, -0.1) is 0 Å². The predicted octanol–water partition coefficient (Wildman–Crippen LogP) is 3.77. The molecule has 3 rings (SSSR count). The molecule has 2 aromatic carbocycles. The second-order valence-electron chi connectivity index (χ2n) is 7.60. The van der Waals surface area contributed by atoms with Crippen LogP contribution in [0.4, 0.5) is 26.0 Å². The Morgan fingerprint density at radius 1 is 0.971 bits per heavy atom. The van der Waals surface area contributed by atoms with Crippen molar-refractivity contribution in [3.05, 3.63) is 59.2 Å². The number of benzene rings is 2. The van der Waals surface area contributed by atoms with Crippen LogP contribution in [-0.4, -0.2) is 40.0 Å². The van der Waals surface area contributed by atoms with Gasteiger partial charge in [0.25, 0.3) is 5.91 Å². The summed E-state index contributed by atoms with van der Waals surface area (Å²) >= 11 is 0.875. The van der Waals surface area contributed by atoms with E-state index in [2.05, 4.69) is 25.6 Å². The van der Waals surface area contributed by atoms with Crippen molar-refractivity contribution in [1.29, 1.82) is 0 Å². The largest absolute Gasteiger partial charge is 0.481 e. The number of nitrogens with two attached hydrogens (primary N) is 1. The van der Waals surface area contributed by atoms with Crippen LogP contribution in [0.3, 0.4) is 0 Å². The lowest BCUT2D eigenvalue weighted by atomic mass is 10.0. The third-order valence-corrected chi connectivity index (χ3v) is 5.57. The Balaban J connectivity index is 1.74. The zero-order valence-corrected chi connectivity index (χ0v) is 19.8. The van der Waals surface area contributed by atoms with Crippen molar-refractivity contribution >= 4 is 51.8 Å². The molecule has 0 saturated heterocycles. The minimum absolute atomic E-state index is 0.0318. The summed E-state index contributed by atoms with van der Waals surface area (Å²) in [4.78, 5) is 47.1. The molecule has 12 heteroatoms. The molecule has 5 amide bonds. The SMILES string of the molecule is Cc1cccc(NC(=O)Nc2ccc(-c3nsc(NC(=O)NCCC(=O)O)c3C(N)=O)c(C)c2)c1. The Kier molecular flexibility index (Phi) is 8.00. The van der Waals surface area contributed by atoms with E-state index in [1.54, 1.807) is 31.2 Å².